The third-order valence-corrected chi connectivity index (χ3v) is 5.16. The highest BCUT2D eigenvalue weighted by Gasteiger charge is 2.42. The highest BCUT2D eigenvalue weighted by Crippen LogP contribution is 2.36. The number of nitrogens with zero attached hydrogens (tertiary/aromatic N) is 1. The molecule has 2 N–H and O–H groups in total. The van der Waals surface area contributed by atoms with Crippen LogP contribution in [0.4, 0.5) is 5.69 Å². The Bertz CT molecular complexity index is 752. The minimum Gasteiger partial charge on any atom is -0.480 e. The minimum absolute atomic E-state index is 0.0560. The van der Waals surface area contributed by atoms with E-state index in [1.807, 2.05) is 0 Å². The Balaban J connectivity index is 2.17. The summed E-state index contributed by atoms with van der Waals surface area (Å²) in [6.45, 7) is 0. The summed E-state index contributed by atoms with van der Waals surface area (Å²) in [6, 6.07) is 7.15. The number of nitrogens with one attached hydrogen (secondary N) is 1. The summed E-state index contributed by atoms with van der Waals surface area (Å²) in [5, 5.41) is 9.30. The molecule has 0 spiro atoms. The second-order valence-corrected chi connectivity index (χ2v) is 6.35. The van der Waals surface area contributed by atoms with Gasteiger partial charge in [0.2, 0.25) is 0 Å². The molecule has 0 aliphatic carbocycles. The molecule has 0 fully saturated rings. The normalized spacial score (nSPS) is 18.0. The van der Waals surface area contributed by atoms with E-state index in [4.69, 9.17) is 0 Å². The molecule has 0 saturated heterocycles. The summed E-state index contributed by atoms with van der Waals surface area (Å²) in [6.07, 6.45) is 3.01. The van der Waals surface area contributed by atoms with Gasteiger partial charge in [-0.1, -0.05) is 18.2 Å². The number of para-hydroxylation sites is 1. The van der Waals surface area contributed by atoms with Crippen molar-refractivity contribution in [2.75, 3.05) is 4.31 Å². The quantitative estimate of drug-likeness (QED) is 0.890. The number of aromatic nitrogens is 1. The van der Waals surface area contributed by atoms with Crippen LogP contribution in [0.25, 0.3) is 0 Å². The lowest BCUT2D eigenvalue weighted by Crippen LogP contribution is -2.42. The van der Waals surface area contributed by atoms with Crippen molar-refractivity contribution in [2.24, 2.45) is 0 Å². The SMILES string of the molecule is O=C(O)[C@@H]1Cc2ccccc2N1S(=O)(=O)c1cc[nH]c1. The van der Waals surface area contributed by atoms with Crippen molar-refractivity contribution in [2.45, 2.75) is 17.4 Å². The molecule has 1 aromatic carbocycles. The fourth-order valence-corrected chi connectivity index (χ4v) is 4.05. The van der Waals surface area contributed by atoms with Crippen LogP contribution in [0, 0.1) is 0 Å². The van der Waals surface area contributed by atoms with E-state index in [-0.39, 0.29) is 11.3 Å². The van der Waals surface area contributed by atoms with Crippen molar-refractivity contribution >= 4 is 21.7 Å². The van der Waals surface area contributed by atoms with Gasteiger partial charge in [0, 0.05) is 18.8 Å². The van der Waals surface area contributed by atoms with Gasteiger partial charge in [-0.3, -0.25) is 4.31 Å². The average Bonchev–Trinajstić information content (AvgIpc) is 3.06. The first-order valence-electron chi connectivity index (χ1n) is 6.00. The summed E-state index contributed by atoms with van der Waals surface area (Å²) in [5.74, 6) is -1.15. The molecule has 0 bridgehead atoms. The monoisotopic (exact) mass is 292 g/mol. The molecule has 1 aliphatic rings. The van der Waals surface area contributed by atoms with Gasteiger partial charge in [0.25, 0.3) is 10.0 Å². The van der Waals surface area contributed by atoms with E-state index in [9.17, 15) is 18.3 Å². The molecule has 0 saturated carbocycles. The Kier molecular flexibility index (Phi) is 2.79. The number of benzene rings is 1. The zero-order chi connectivity index (χ0) is 14.3. The van der Waals surface area contributed by atoms with Gasteiger partial charge in [-0.05, 0) is 17.7 Å². The summed E-state index contributed by atoms with van der Waals surface area (Å²) in [4.78, 5) is 14.1. The number of aromatic amines is 1. The van der Waals surface area contributed by atoms with Gasteiger partial charge in [0.15, 0.2) is 0 Å². The van der Waals surface area contributed by atoms with Crippen LogP contribution in [0.1, 0.15) is 5.56 Å². The van der Waals surface area contributed by atoms with Crippen LogP contribution < -0.4 is 4.31 Å². The number of H-pyrrole nitrogens is 1. The summed E-state index contributed by atoms with van der Waals surface area (Å²) < 4.78 is 26.2. The predicted molar refractivity (Wildman–Crippen MR) is 72.0 cm³/mol. The van der Waals surface area contributed by atoms with Crippen molar-refractivity contribution in [3.8, 4) is 0 Å². The largest absolute Gasteiger partial charge is 0.480 e. The molecule has 1 atom stereocenters. The van der Waals surface area contributed by atoms with Crippen LogP contribution in [0.3, 0.4) is 0 Å². The zero-order valence-corrected chi connectivity index (χ0v) is 11.2. The first-order valence-corrected chi connectivity index (χ1v) is 7.44. The molecular formula is C13H12N2O4S. The number of carbonyl (C=O) groups is 1. The third-order valence-electron chi connectivity index (χ3n) is 3.34. The van der Waals surface area contributed by atoms with Gasteiger partial charge in [-0.2, -0.15) is 0 Å². The molecule has 1 aliphatic heterocycles. The Hall–Kier alpha value is -2.28. The molecule has 104 valence electrons. The Morgan fingerprint density at radius 1 is 1.30 bits per heavy atom. The number of sulfonamides is 1. The van der Waals surface area contributed by atoms with Crippen LogP contribution in [-0.2, 0) is 21.2 Å². The topological polar surface area (TPSA) is 90.5 Å². The molecule has 0 radical (unpaired) electrons. The molecule has 2 aromatic rings. The minimum atomic E-state index is -3.88. The standard InChI is InChI=1S/C13H12N2O4S/c16-13(17)12-7-9-3-1-2-4-11(9)15(12)20(18,19)10-5-6-14-8-10/h1-6,8,12,14H,7H2,(H,16,17)/t12-/m0/s1. The van der Waals surface area contributed by atoms with Crippen molar-refractivity contribution in [1.82, 2.24) is 4.98 Å². The summed E-state index contributed by atoms with van der Waals surface area (Å²) in [7, 11) is -3.88. The molecule has 3 rings (SSSR count). The number of fused-ring (bicyclic) bond motifs is 1. The number of carboxylic acids is 1. The number of hydrogen-bond acceptors (Lipinski definition) is 3. The van der Waals surface area contributed by atoms with Gasteiger partial charge in [0.05, 0.1) is 5.69 Å². The number of carboxylic acid groups (broad SMARTS) is 1. The van der Waals surface area contributed by atoms with E-state index in [2.05, 4.69) is 4.98 Å². The molecule has 0 amide bonds. The summed E-state index contributed by atoms with van der Waals surface area (Å²) in [5.41, 5.74) is 1.15. The third kappa shape index (κ3) is 1.78. The average molecular weight is 292 g/mol. The lowest BCUT2D eigenvalue weighted by Gasteiger charge is -2.23. The highest BCUT2D eigenvalue weighted by molar-refractivity contribution is 7.93. The smallest absolute Gasteiger partial charge is 0.327 e. The van der Waals surface area contributed by atoms with Crippen LogP contribution in [0.15, 0.2) is 47.6 Å². The van der Waals surface area contributed by atoms with Gasteiger partial charge >= 0.3 is 5.97 Å². The molecule has 0 unspecified atom stereocenters. The van der Waals surface area contributed by atoms with E-state index in [0.29, 0.717) is 5.69 Å². The molecule has 1 aromatic heterocycles. The van der Waals surface area contributed by atoms with Crippen LogP contribution in [0.5, 0.6) is 0 Å². The van der Waals surface area contributed by atoms with E-state index < -0.39 is 22.0 Å². The van der Waals surface area contributed by atoms with Crippen molar-refractivity contribution in [3.05, 3.63) is 48.3 Å². The first kappa shape index (κ1) is 12.7. The van der Waals surface area contributed by atoms with E-state index in [1.165, 1.54) is 18.5 Å². The highest BCUT2D eigenvalue weighted by atomic mass is 32.2. The maximum atomic E-state index is 12.6. The fraction of sp³-hybridized carbons (Fsp3) is 0.154. The zero-order valence-electron chi connectivity index (χ0n) is 10.4. The van der Waals surface area contributed by atoms with Crippen molar-refractivity contribution in [3.63, 3.8) is 0 Å². The second kappa shape index (κ2) is 4.38. The molecule has 2 heterocycles. The predicted octanol–water partition coefficient (Wildman–Crippen LogP) is 1.22. The Morgan fingerprint density at radius 3 is 2.70 bits per heavy atom. The molecule has 20 heavy (non-hydrogen) atoms. The van der Waals surface area contributed by atoms with Gasteiger partial charge in [-0.15, -0.1) is 0 Å². The van der Waals surface area contributed by atoms with Crippen molar-refractivity contribution in [1.29, 1.82) is 0 Å². The lowest BCUT2D eigenvalue weighted by atomic mass is 10.1. The Morgan fingerprint density at radius 2 is 2.05 bits per heavy atom. The lowest BCUT2D eigenvalue weighted by molar-refractivity contribution is -0.138. The Labute approximate surface area is 115 Å². The fourth-order valence-electron chi connectivity index (χ4n) is 2.42. The number of hydrogen-bond donors (Lipinski definition) is 2. The first-order chi connectivity index (χ1) is 9.51. The maximum absolute atomic E-state index is 12.6. The van der Waals surface area contributed by atoms with Crippen LogP contribution in [0.2, 0.25) is 0 Å². The number of rotatable bonds is 3. The van der Waals surface area contributed by atoms with Crippen molar-refractivity contribution < 1.29 is 18.3 Å². The molecule has 7 heteroatoms. The van der Waals surface area contributed by atoms with Gasteiger partial charge in [0.1, 0.15) is 10.9 Å². The number of aliphatic carboxylic acids is 1. The number of anilines is 1. The van der Waals surface area contributed by atoms with Gasteiger partial charge < -0.3 is 10.1 Å². The van der Waals surface area contributed by atoms with E-state index >= 15 is 0 Å². The second-order valence-electron chi connectivity index (χ2n) is 4.53. The summed E-state index contributed by atoms with van der Waals surface area (Å²) >= 11 is 0. The molecule has 6 nitrogen and oxygen atoms in total. The maximum Gasteiger partial charge on any atom is 0.327 e. The van der Waals surface area contributed by atoms with E-state index in [1.54, 1.807) is 24.3 Å². The van der Waals surface area contributed by atoms with Crippen LogP contribution in [-0.4, -0.2) is 30.5 Å². The van der Waals surface area contributed by atoms with Gasteiger partial charge in [-0.25, -0.2) is 13.2 Å². The molecular weight excluding hydrogens is 280 g/mol. The van der Waals surface area contributed by atoms with Crippen LogP contribution >= 0.6 is 0 Å². The van der Waals surface area contributed by atoms with E-state index in [0.717, 1.165) is 9.87 Å².